The van der Waals surface area contributed by atoms with Gasteiger partial charge in [-0.1, -0.05) is 18.6 Å². The number of methoxy groups -OCH3 is 2. The second-order valence-electron chi connectivity index (χ2n) is 9.26. The second kappa shape index (κ2) is 11.5. The fraction of sp³-hybridized carbons (Fsp3) is 0.667. The molecule has 0 aromatic heterocycles. The highest BCUT2D eigenvalue weighted by Gasteiger charge is 2.38. The molecule has 1 saturated heterocycles. The van der Waals surface area contributed by atoms with Gasteiger partial charge in [-0.15, -0.1) is 0 Å². The Bertz CT molecular complexity index is 744. The van der Waals surface area contributed by atoms with Gasteiger partial charge in [-0.25, -0.2) is 9.59 Å². The van der Waals surface area contributed by atoms with Crippen molar-refractivity contribution in [2.24, 2.45) is 5.92 Å². The molecule has 1 aromatic carbocycles. The number of carbonyl (C=O) groups excluding carboxylic acids is 2. The van der Waals surface area contributed by atoms with Crippen molar-refractivity contribution in [3.8, 4) is 5.75 Å². The quantitative estimate of drug-likeness (QED) is 0.522. The Kier molecular flexibility index (Phi) is 9.33. The normalized spacial score (nSPS) is 24.5. The lowest BCUT2D eigenvalue weighted by atomic mass is 9.87. The van der Waals surface area contributed by atoms with E-state index in [0.29, 0.717) is 25.7 Å². The first-order valence-electron chi connectivity index (χ1n) is 11.1. The molecule has 1 N–H and O–H groups in total. The molecule has 1 amide bonds. The predicted octanol–water partition coefficient (Wildman–Crippen LogP) is 3.54. The molecule has 0 bridgehead atoms. The van der Waals surface area contributed by atoms with Crippen molar-refractivity contribution in [1.29, 1.82) is 0 Å². The van der Waals surface area contributed by atoms with E-state index >= 15 is 0 Å². The van der Waals surface area contributed by atoms with Crippen molar-refractivity contribution < 1.29 is 33.6 Å². The van der Waals surface area contributed by atoms with Crippen LogP contribution in [0.4, 0.5) is 4.79 Å². The highest BCUT2D eigenvalue weighted by Crippen LogP contribution is 2.27. The minimum Gasteiger partial charge on any atom is -0.497 e. The van der Waals surface area contributed by atoms with Crippen LogP contribution in [0, 0.1) is 5.92 Å². The van der Waals surface area contributed by atoms with Gasteiger partial charge in [-0.2, -0.15) is 0 Å². The van der Waals surface area contributed by atoms with Crippen LogP contribution in [0.25, 0.3) is 0 Å². The number of carbonyl (C=O) groups is 2. The van der Waals surface area contributed by atoms with E-state index in [1.807, 2.05) is 24.3 Å². The van der Waals surface area contributed by atoms with Crippen LogP contribution in [0.3, 0.4) is 0 Å². The van der Waals surface area contributed by atoms with Gasteiger partial charge in [0.2, 0.25) is 0 Å². The Balaban J connectivity index is 2.17. The van der Waals surface area contributed by atoms with Crippen molar-refractivity contribution in [1.82, 2.24) is 4.90 Å². The molecule has 0 aliphatic carbocycles. The van der Waals surface area contributed by atoms with Crippen LogP contribution in [0.1, 0.15) is 52.5 Å². The van der Waals surface area contributed by atoms with Crippen LogP contribution in [0.15, 0.2) is 24.3 Å². The second-order valence-corrected chi connectivity index (χ2v) is 9.26. The maximum Gasteiger partial charge on any atom is 0.412 e. The van der Waals surface area contributed by atoms with Crippen LogP contribution in [-0.2, 0) is 25.4 Å². The largest absolute Gasteiger partial charge is 0.497 e. The van der Waals surface area contributed by atoms with Crippen LogP contribution >= 0.6 is 0 Å². The van der Waals surface area contributed by atoms with E-state index in [1.165, 1.54) is 12.0 Å². The Morgan fingerprint density at radius 2 is 1.84 bits per heavy atom. The van der Waals surface area contributed by atoms with Crippen molar-refractivity contribution in [3.63, 3.8) is 0 Å². The summed E-state index contributed by atoms with van der Waals surface area (Å²) in [6.45, 7) is 6.87. The number of hydrogen-bond acceptors (Lipinski definition) is 7. The van der Waals surface area contributed by atoms with Gasteiger partial charge in [0.25, 0.3) is 0 Å². The zero-order chi connectivity index (χ0) is 23.9. The first kappa shape index (κ1) is 25.9. The number of aliphatic hydroxyl groups excluding tert-OH is 1. The van der Waals surface area contributed by atoms with E-state index < -0.39 is 35.9 Å². The highest BCUT2D eigenvalue weighted by atomic mass is 16.6. The van der Waals surface area contributed by atoms with Gasteiger partial charge in [0.15, 0.2) is 0 Å². The maximum atomic E-state index is 12.9. The zero-order valence-electron chi connectivity index (χ0n) is 20.0. The predicted molar refractivity (Wildman–Crippen MR) is 119 cm³/mol. The number of esters is 1. The number of amides is 1. The lowest BCUT2D eigenvalue weighted by Crippen LogP contribution is -2.49. The molecule has 0 saturated carbocycles. The molecular formula is C24H37NO7. The summed E-state index contributed by atoms with van der Waals surface area (Å²) in [4.78, 5) is 26.9. The summed E-state index contributed by atoms with van der Waals surface area (Å²) in [7, 11) is 3.07. The van der Waals surface area contributed by atoms with Crippen LogP contribution < -0.4 is 4.74 Å². The summed E-state index contributed by atoms with van der Waals surface area (Å²) in [5.74, 6) is 0.112. The molecule has 180 valence electrons. The van der Waals surface area contributed by atoms with E-state index in [9.17, 15) is 14.7 Å². The third kappa shape index (κ3) is 7.38. The number of benzene rings is 1. The molecule has 1 aliphatic rings. The topological polar surface area (TPSA) is 94.5 Å². The molecule has 1 aliphatic heterocycles. The molecule has 1 heterocycles. The monoisotopic (exact) mass is 451 g/mol. The maximum absolute atomic E-state index is 12.9. The van der Waals surface area contributed by atoms with Gasteiger partial charge in [-0.05, 0) is 70.6 Å². The summed E-state index contributed by atoms with van der Waals surface area (Å²) in [6.07, 6.45) is 0.175. The molecule has 1 fully saturated rings. The summed E-state index contributed by atoms with van der Waals surface area (Å²) < 4.78 is 21.4. The fourth-order valence-corrected chi connectivity index (χ4v) is 3.88. The molecular weight excluding hydrogens is 414 g/mol. The zero-order valence-corrected chi connectivity index (χ0v) is 20.0. The van der Waals surface area contributed by atoms with Gasteiger partial charge in [0.05, 0.1) is 13.2 Å². The molecule has 2 rings (SSSR count). The first-order chi connectivity index (χ1) is 15.1. The van der Waals surface area contributed by atoms with Gasteiger partial charge < -0.3 is 24.1 Å². The van der Waals surface area contributed by atoms with E-state index in [0.717, 1.165) is 11.3 Å². The summed E-state index contributed by atoms with van der Waals surface area (Å²) in [6, 6.07) is 6.87. The lowest BCUT2D eigenvalue weighted by Gasteiger charge is -2.32. The fourth-order valence-electron chi connectivity index (χ4n) is 3.88. The Labute approximate surface area is 190 Å². The molecule has 8 heteroatoms. The highest BCUT2D eigenvalue weighted by molar-refractivity contribution is 5.81. The molecule has 0 radical (unpaired) electrons. The first-order valence-corrected chi connectivity index (χ1v) is 11.1. The van der Waals surface area contributed by atoms with Gasteiger partial charge >= 0.3 is 12.1 Å². The third-order valence-electron chi connectivity index (χ3n) is 5.52. The standard InChI is InChI=1S/C24H37NO7/c1-16-21(26)18(14-17-10-12-19(30-6)13-11-17)8-7-9-20(22(27)31-16)25(15-29-5)23(28)32-24(2,3)4/h10-13,16,18,20-21,26H,7-9,14-15H2,1-6H3. The number of nitrogens with zero attached hydrogens (tertiary/aromatic N) is 1. The molecule has 8 nitrogen and oxygen atoms in total. The van der Waals surface area contributed by atoms with E-state index in [1.54, 1.807) is 34.8 Å². The Hall–Kier alpha value is -2.32. The summed E-state index contributed by atoms with van der Waals surface area (Å²) >= 11 is 0. The minimum atomic E-state index is -0.848. The van der Waals surface area contributed by atoms with Gasteiger partial charge in [0.1, 0.15) is 30.2 Å². The van der Waals surface area contributed by atoms with Gasteiger partial charge in [-0.3, -0.25) is 4.90 Å². The number of rotatable bonds is 6. The summed E-state index contributed by atoms with van der Waals surface area (Å²) in [5.41, 5.74) is 0.359. The lowest BCUT2D eigenvalue weighted by molar-refractivity contribution is -0.162. The molecule has 4 unspecified atom stereocenters. The average molecular weight is 452 g/mol. The average Bonchev–Trinajstić information content (AvgIpc) is 2.77. The molecule has 0 spiro atoms. The third-order valence-corrected chi connectivity index (χ3v) is 5.52. The molecule has 4 atom stereocenters. The van der Waals surface area contributed by atoms with Crippen molar-refractivity contribution >= 4 is 12.1 Å². The van der Waals surface area contributed by atoms with E-state index in [2.05, 4.69) is 0 Å². The van der Waals surface area contributed by atoms with E-state index in [-0.39, 0.29) is 12.6 Å². The smallest absolute Gasteiger partial charge is 0.412 e. The van der Waals surface area contributed by atoms with E-state index in [4.69, 9.17) is 18.9 Å². The van der Waals surface area contributed by atoms with Crippen molar-refractivity contribution in [2.75, 3.05) is 21.0 Å². The summed E-state index contributed by atoms with van der Waals surface area (Å²) in [5, 5.41) is 10.9. The number of ether oxygens (including phenoxy) is 4. The molecule has 32 heavy (non-hydrogen) atoms. The van der Waals surface area contributed by atoms with Crippen LogP contribution in [-0.4, -0.2) is 66.9 Å². The number of aliphatic hydroxyl groups is 1. The van der Waals surface area contributed by atoms with Gasteiger partial charge in [0, 0.05) is 7.11 Å². The SMILES string of the molecule is COCN(C(=O)OC(C)(C)C)C1CCCC(Cc2ccc(OC)cc2)C(O)C(C)OC1=O. The minimum absolute atomic E-state index is 0.0950. The van der Waals surface area contributed by atoms with Crippen LogP contribution in [0.2, 0.25) is 0 Å². The number of cyclic esters (lactones) is 1. The Morgan fingerprint density at radius 3 is 2.41 bits per heavy atom. The Morgan fingerprint density at radius 1 is 1.19 bits per heavy atom. The number of hydrogen-bond donors (Lipinski definition) is 1. The molecule has 1 aromatic rings. The van der Waals surface area contributed by atoms with Crippen molar-refractivity contribution in [3.05, 3.63) is 29.8 Å². The van der Waals surface area contributed by atoms with Crippen LogP contribution in [0.5, 0.6) is 5.75 Å². The van der Waals surface area contributed by atoms with Crippen molar-refractivity contribution in [2.45, 2.75) is 77.2 Å².